The summed E-state index contributed by atoms with van der Waals surface area (Å²) in [7, 11) is 0. The predicted molar refractivity (Wildman–Crippen MR) is 133 cm³/mol. The normalized spacial score (nSPS) is 10.9. The van der Waals surface area contributed by atoms with Gasteiger partial charge in [-0.25, -0.2) is 4.39 Å². The number of benzene rings is 3. The molecule has 34 heavy (non-hydrogen) atoms. The number of nitrogens with zero attached hydrogens (tertiary/aromatic N) is 3. The molecule has 1 heterocycles. The quantitative estimate of drug-likeness (QED) is 0.223. The maximum Gasteiger partial charge on any atom is 0.220 e. The fraction of sp³-hybridized carbons (Fsp3) is 0.222. The molecule has 3 aromatic carbocycles. The fourth-order valence-electron chi connectivity index (χ4n) is 3.57. The molecule has 0 unspecified atom stereocenters. The zero-order valence-electron chi connectivity index (χ0n) is 18.9. The second-order valence-electron chi connectivity index (χ2n) is 7.95. The zero-order valence-corrected chi connectivity index (χ0v) is 19.7. The Kier molecular flexibility index (Phi) is 8.46. The Morgan fingerprint density at radius 3 is 2.29 bits per heavy atom. The molecule has 0 atom stereocenters. The number of unbranched alkanes of at least 4 members (excludes halogenated alkanes) is 1. The van der Waals surface area contributed by atoms with Crippen molar-refractivity contribution in [3.63, 3.8) is 0 Å². The van der Waals surface area contributed by atoms with Crippen LogP contribution in [0.1, 0.15) is 36.2 Å². The third-order valence-corrected chi connectivity index (χ3v) is 6.38. The molecule has 0 aliphatic heterocycles. The number of nitrogens with one attached hydrogen (secondary N) is 1. The van der Waals surface area contributed by atoms with E-state index in [0.29, 0.717) is 13.0 Å². The number of amides is 1. The lowest BCUT2D eigenvalue weighted by Gasteiger charge is -2.10. The summed E-state index contributed by atoms with van der Waals surface area (Å²) in [5.41, 5.74) is 3.16. The van der Waals surface area contributed by atoms with E-state index in [1.54, 1.807) is 23.9 Å². The van der Waals surface area contributed by atoms with E-state index < -0.39 is 0 Å². The molecule has 4 aromatic rings. The molecular weight excluding hydrogens is 447 g/mol. The second-order valence-corrected chi connectivity index (χ2v) is 8.90. The van der Waals surface area contributed by atoms with Crippen molar-refractivity contribution >= 4 is 17.7 Å². The van der Waals surface area contributed by atoms with Gasteiger partial charge in [0, 0.05) is 30.8 Å². The topological polar surface area (TPSA) is 59.8 Å². The van der Waals surface area contributed by atoms with Crippen molar-refractivity contribution in [3.8, 4) is 5.69 Å². The number of hydrogen-bond donors (Lipinski definition) is 1. The summed E-state index contributed by atoms with van der Waals surface area (Å²) in [5.74, 6) is 1.43. The van der Waals surface area contributed by atoms with Crippen LogP contribution in [0.2, 0.25) is 0 Å². The molecule has 174 valence electrons. The van der Waals surface area contributed by atoms with E-state index in [9.17, 15) is 9.18 Å². The van der Waals surface area contributed by atoms with E-state index in [1.807, 2.05) is 36.4 Å². The maximum absolute atomic E-state index is 13.0. The van der Waals surface area contributed by atoms with Gasteiger partial charge in [0.1, 0.15) is 11.6 Å². The van der Waals surface area contributed by atoms with Gasteiger partial charge in [0.15, 0.2) is 5.16 Å². The first-order valence-corrected chi connectivity index (χ1v) is 12.4. The molecule has 0 radical (unpaired) electrons. The summed E-state index contributed by atoms with van der Waals surface area (Å²) < 4.78 is 15.1. The number of hydrogen-bond acceptors (Lipinski definition) is 4. The average molecular weight is 475 g/mol. The van der Waals surface area contributed by atoms with Crippen molar-refractivity contribution in [1.29, 1.82) is 0 Å². The molecule has 1 aromatic heterocycles. The number of carbonyl (C=O) groups excluding carboxylic acids is 1. The minimum atomic E-state index is -0.278. The number of halogens is 1. The van der Waals surface area contributed by atoms with Gasteiger partial charge in [-0.15, -0.1) is 10.2 Å². The van der Waals surface area contributed by atoms with Crippen LogP contribution in [0.15, 0.2) is 90.1 Å². The van der Waals surface area contributed by atoms with Gasteiger partial charge in [0.2, 0.25) is 5.91 Å². The summed E-state index contributed by atoms with van der Waals surface area (Å²) in [6.45, 7) is 0.406. The Morgan fingerprint density at radius 1 is 0.853 bits per heavy atom. The van der Waals surface area contributed by atoms with Gasteiger partial charge in [-0.05, 0) is 48.2 Å². The van der Waals surface area contributed by atoms with Gasteiger partial charge in [-0.1, -0.05) is 72.4 Å². The highest BCUT2D eigenvalue weighted by Gasteiger charge is 2.14. The summed E-state index contributed by atoms with van der Waals surface area (Å²) >= 11 is 1.67. The minimum Gasteiger partial charge on any atom is -0.352 e. The number of aryl methyl sites for hydroxylation is 1. The Balaban J connectivity index is 1.31. The van der Waals surface area contributed by atoms with Gasteiger partial charge in [-0.2, -0.15) is 0 Å². The molecule has 0 saturated carbocycles. The third-order valence-electron chi connectivity index (χ3n) is 5.38. The molecular formula is C27H27FN4OS. The number of rotatable bonds is 11. The van der Waals surface area contributed by atoms with Gasteiger partial charge < -0.3 is 5.32 Å². The van der Waals surface area contributed by atoms with E-state index in [2.05, 4.69) is 44.3 Å². The molecule has 7 heteroatoms. The van der Waals surface area contributed by atoms with Crippen molar-refractivity contribution in [1.82, 2.24) is 20.1 Å². The van der Waals surface area contributed by atoms with Gasteiger partial charge >= 0.3 is 0 Å². The highest BCUT2D eigenvalue weighted by atomic mass is 32.2. The highest BCUT2D eigenvalue weighted by Crippen LogP contribution is 2.26. The van der Waals surface area contributed by atoms with Crippen molar-refractivity contribution in [2.45, 2.75) is 43.1 Å². The van der Waals surface area contributed by atoms with Crippen molar-refractivity contribution in [2.24, 2.45) is 0 Å². The lowest BCUT2D eigenvalue weighted by molar-refractivity contribution is -0.121. The third kappa shape index (κ3) is 6.78. The molecule has 0 saturated heterocycles. The van der Waals surface area contributed by atoms with Crippen LogP contribution in [0, 0.1) is 5.82 Å². The first-order valence-electron chi connectivity index (χ1n) is 11.4. The number of aromatic nitrogens is 3. The van der Waals surface area contributed by atoms with Crippen LogP contribution in [0.25, 0.3) is 5.69 Å². The lowest BCUT2D eigenvalue weighted by Crippen LogP contribution is -2.22. The second kappa shape index (κ2) is 12.1. The van der Waals surface area contributed by atoms with Crippen LogP contribution in [-0.2, 0) is 23.5 Å². The van der Waals surface area contributed by atoms with Crippen molar-refractivity contribution in [2.75, 3.05) is 0 Å². The first kappa shape index (κ1) is 23.7. The SMILES string of the molecule is O=C(CCCCc1nnc(SCc2ccccc2)n1-c1ccccc1)NCc1ccc(F)cc1. The highest BCUT2D eigenvalue weighted by molar-refractivity contribution is 7.98. The van der Waals surface area contributed by atoms with Crippen LogP contribution in [0.4, 0.5) is 4.39 Å². The summed E-state index contributed by atoms with van der Waals surface area (Å²) in [5, 5.41) is 12.7. The lowest BCUT2D eigenvalue weighted by atomic mass is 10.1. The van der Waals surface area contributed by atoms with E-state index in [1.165, 1.54) is 17.7 Å². The Bertz CT molecular complexity index is 1180. The van der Waals surface area contributed by atoms with E-state index in [0.717, 1.165) is 47.2 Å². The molecule has 0 fully saturated rings. The minimum absolute atomic E-state index is 0.00652. The van der Waals surface area contributed by atoms with Crippen LogP contribution >= 0.6 is 11.8 Å². The Labute approximate surface area is 203 Å². The van der Waals surface area contributed by atoms with Crippen molar-refractivity contribution < 1.29 is 9.18 Å². The Morgan fingerprint density at radius 2 is 1.56 bits per heavy atom. The number of para-hydroxylation sites is 1. The largest absolute Gasteiger partial charge is 0.352 e. The summed E-state index contributed by atoms with van der Waals surface area (Å²) in [6.07, 6.45) is 2.76. The predicted octanol–water partition coefficient (Wildman–Crippen LogP) is 5.73. The van der Waals surface area contributed by atoms with Crippen LogP contribution in [-0.4, -0.2) is 20.7 Å². The molecule has 0 aliphatic rings. The van der Waals surface area contributed by atoms with E-state index in [-0.39, 0.29) is 11.7 Å². The van der Waals surface area contributed by atoms with Crippen molar-refractivity contribution in [3.05, 3.63) is 108 Å². The van der Waals surface area contributed by atoms with Gasteiger partial charge in [-0.3, -0.25) is 9.36 Å². The molecule has 5 nitrogen and oxygen atoms in total. The molecule has 1 N–H and O–H groups in total. The zero-order chi connectivity index (χ0) is 23.6. The standard InChI is InChI=1S/C27H27FN4OS/c28-23-17-15-21(16-18-23)19-29-26(33)14-8-7-13-25-30-31-27(32(25)24-11-5-2-6-12-24)34-20-22-9-3-1-4-10-22/h1-6,9-12,15-18H,7-8,13-14,19-20H2,(H,29,33). The van der Waals surface area contributed by atoms with Gasteiger partial charge in [0.25, 0.3) is 0 Å². The molecule has 0 aliphatic carbocycles. The summed E-state index contributed by atoms with van der Waals surface area (Å²) in [6, 6.07) is 26.6. The van der Waals surface area contributed by atoms with Crippen LogP contribution in [0.3, 0.4) is 0 Å². The van der Waals surface area contributed by atoms with Gasteiger partial charge in [0.05, 0.1) is 0 Å². The molecule has 4 rings (SSSR count). The number of thioether (sulfide) groups is 1. The molecule has 1 amide bonds. The average Bonchev–Trinajstić information content (AvgIpc) is 3.29. The van der Waals surface area contributed by atoms with Crippen LogP contribution < -0.4 is 5.32 Å². The van der Waals surface area contributed by atoms with E-state index in [4.69, 9.17) is 0 Å². The molecule has 0 spiro atoms. The molecule has 0 bridgehead atoms. The smallest absolute Gasteiger partial charge is 0.220 e. The first-order chi connectivity index (χ1) is 16.7. The summed E-state index contributed by atoms with van der Waals surface area (Å²) in [4.78, 5) is 12.2. The monoisotopic (exact) mass is 474 g/mol. The maximum atomic E-state index is 13.0. The van der Waals surface area contributed by atoms with Crippen LogP contribution in [0.5, 0.6) is 0 Å². The van der Waals surface area contributed by atoms with E-state index >= 15 is 0 Å². The Hall–Kier alpha value is -3.45. The number of carbonyl (C=O) groups is 1. The fourth-order valence-corrected chi connectivity index (χ4v) is 4.50.